The van der Waals surface area contributed by atoms with E-state index in [1.807, 2.05) is 52.4 Å². The number of amides is 2. The number of carbonyl (C=O) groups excluding carboxylic acids is 2. The van der Waals surface area contributed by atoms with E-state index in [-0.39, 0.29) is 17.2 Å². The molecule has 5 nitrogen and oxygen atoms in total. The summed E-state index contributed by atoms with van der Waals surface area (Å²) in [5.74, 6) is 0.201. The minimum Gasteiger partial charge on any atom is -0.338 e. The number of rotatable bonds is 4. The lowest BCUT2D eigenvalue weighted by atomic mass is 9.72. The average Bonchev–Trinajstić information content (AvgIpc) is 2.88. The van der Waals surface area contributed by atoms with Gasteiger partial charge in [-0.3, -0.25) is 9.59 Å². The molecule has 0 atom stereocenters. The minimum atomic E-state index is 0.0792. The quantitative estimate of drug-likeness (QED) is 0.782. The Bertz CT molecular complexity index is 581. The molecule has 1 aromatic heterocycles. The van der Waals surface area contributed by atoms with E-state index in [0.717, 1.165) is 37.6 Å². The topological polar surface area (TPSA) is 43.9 Å². The molecule has 0 unspecified atom stereocenters. The number of nitrogens with zero attached hydrogens (tertiary/aromatic N) is 3. The van der Waals surface area contributed by atoms with Crippen LogP contribution in [0.4, 0.5) is 0 Å². The van der Waals surface area contributed by atoms with E-state index in [1.165, 1.54) is 11.3 Å². The monoisotopic (exact) mass is 319 g/mol. The largest absolute Gasteiger partial charge is 0.338 e. The summed E-state index contributed by atoms with van der Waals surface area (Å²) >= 11 is 1.48. The Kier molecular flexibility index (Phi) is 4.06. The second-order valence-electron chi connectivity index (χ2n) is 6.50. The predicted molar refractivity (Wildman–Crippen MR) is 86.9 cm³/mol. The molecule has 118 valence electrons. The molecule has 3 rings (SSSR count). The maximum atomic E-state index is 12.2. The van der Waals surface area contributed by atoms with Crippen LogP contribution in [0.25, 0.3) is 0 Å². The van der Waals surface area contributed by atoms with E-state index in [9.17, 15) is 9.59 Å². The Morgan fingerprint density at radius 2 is 1.95 bits per heavy atom. The Labute approximate surface area is 134 Å². The Hall–Kier alpha value is -1.66. The van der Waals surface area contributed by atoms with Crippen molar-refractivity contribution < 1.29 is 9.59 Å². The molecule has 0 aromatic carbocycles. The fourth-order valence-corrected chi connectivity index (χ4v) is 3.74. The van der Waals surface area contributed by atoms with Crippen molar-refractivity contribution in [2.45, 2.75) is 0 Å². The van der Waals surface area contributed by atoms with E-state index < -0.39 is 0 Å². The summed E-state index contributed by atoms with van der Waals surface area (Å²) in [4.78, 5) is 30.7. The fourth-order valence-electron chi connectivity index (χ4n) is 3.05. The lowest BCUT2D eigenvalue weighted by Crippen LogP contribution is -2.73. The molecule has 2 aliphatic heterocycles. The van der Waals surface area contributed by atoms with Crippen LogP contribution in [0.3, 0.4) is 0 Å². The highest BCUT2D eigenvalue weighted by Crippen LogP contribution is 2.40. The van der Waals surface area contributed by atoms with Crippen LogP contribution in [-0.2, 0) is 4.79 Å². The van der Waals surface area contributed by atoms with Crippen molar-refractivity contribution in [3.05, 3.63) is 34.5 Å². The Morgan fingerprint density at radius 3 is 2.55 bits per heavy atom. The van der Waals surface area contributed by atoms with Gasteiger partial charge >= 0.3 is 0 Å². The van der Waals surface area contributed by atoms with Crippen molar-refractivity contribution in [2.75, 3.05) is 46.8 Å². The number of thiophene rings is 1. The van der Waals surface area contributed by atoms with Gasteiger partial charge in [0, 0.05) is 44.2 Å². The fraction of sp³-hybridized carbons (Fsp3) is 0.500. The third-order valence-electron chi connectivity index (χ3n) is 4.17. The van der Waals surface area contributed by atoms with Gasteiger partial charge in [-0.15, -0.1) is 11.3 Å². The molecule has 1 spiro atoms. The van der Waals surface area contributed by atoms with E-state index in [1.54, 1.807) is 6.08 Å². The zero-order valence-electron chi connectivity index (χ0n) is 13.0. The minimum absolute atomic E-state index is 0.0792. The summed E-state index contributed by atoms with van der Waals surface area (Å²) in [6, 6.07) is 3.77. The van der Waals surface area contributed by atoms with Gasteiger partial charge in [-0.25, -0.2) is 0 Å². The van der Waals surface area contributed by atoms with Crippen molar-refractivity contribution >= 4 is 23.2 Å². The van der Waals surface area contributed by atoms with Gasteiger partial charge in [0.2, 0.25) is 5.91 Å². The molecule has 0 saturated carbocycles. The molecule has 1 aromatic rings. The maximum Gasteiger partial charge on any atom is 0.263 e. The first-order valence-corrected chi connectivity index (χ1v) is 8.30. The van der Waals surface area contributed by atoms with Crippen LogP contribution in [-0.4, -0.2) is 73.3 Å². The molecule has 2 aliphatic rings. The molecule has 2 amide bonds. The van der Waals surface area contributed by atoms with Crippen molar-refractivity contribution in [1.29, 1.82) is 0 Å². The summed E-state index contributed by atoms with van der Waals surface area (Å²) in [7, 11) is 3.95. The number of carbonyl (C=O) groups is 2. The number of hydrogen-bond donors (Lipinski definition) is 0. The van der Waals surface area contributed by atoms with Crippen LogP contribution < -0.4 is 0 Å². The number of likely N-dealkylation sites (tertiary alicyclic amines) is 2. The third kappa shape index (κ3) is 2.94. The van der Waals surface area contributed by atoms with Gasteiger partial charge in [0.25, 0.3) is 5.91 Å². The van der Waals surface area contributed by atoms with Crippen molar-refractivity contribution in [1.82, 2.24) is 14.7 Å². The van der Waals surface area contributed by atoms with Crippen molar-refractivity contribution in [3.8, 4) is 0 Å². The molecule has 0 aliphatic carbocycles. The highest BCUT2D eigenvalue weighted by molar-refractivity contribution is 7.12. The molecule has 6 heteroatoms. The summed E-state index contributed by atoms with van der Waals surface area (Å²) in [5.41, 5.74) is 0.151. The summed E-state index contributed by atoms with van der Waals surface area (Å²) < 4.78 is 0. The zero-order chi connectivity index (χ0) is 15.7. The molecule has 2 saturated heterocycles. The van der Waals surface area contributed by atoms with Crippen LogP contribution in [0.15, 0.2) is 29.7 Å². The van der Waals surface area contributed by atoms with Crippen molar-refractivity contribution in [3.63, 3.8) is 0 Å². The maximum absolute atomic E-state index is 12.2. The summed E-state index contributed by atoms with van der Waals surface area (Å²) in [5, 5.41) is 1.92. The smallest absolute Gasteiger partial charge is 0.263 e. The SMILES string of the molecule is CN(C)C/C=C/C(=O)N1CC2(C1)CN(C(=O)c1cccs1)C2. The first-order valence-electron chi connectivity index (χ1n) is 7.42. The van der Waals surface area contributed by atoms with Gasteiger partial charge in [-0.2, -0.15) is 0 Å². The average molecular weight is 319 g/mol. The van der Waals surface area contributed by atoms with Gasteiger partial charge in [0.15, 0.2) is 0 Å². The number of likely N-dealkylation sites (N-methyl/N-ethyl adjacent to an activating group) is 1. The lowest BCUT2D eigenvalue weighted by molar-refractivity contribution is -0.149. The zero-order valence-corrected chi connectivity index (χ0v) is 13.8. The first-order chi connectivity index (χ1) is 10.5. The highest BCUT2D eigenvalue weighted by atomic mass is 32.1. The van der Waals surface area contributed by atoms with E-state index in [2.05, 4.69) is 0 Å². The van der Waals surface area contributed by atoms with E-state index >= 15 is 0 Å². The van der Waals surface area contributed by atoms with Gasteiger partial charge in [-0.05, 0) is 25.5 Å². The molecule has 0 N–H and O–H groups in total. The Morgan fingerprint density at radius 1 is 1.27 bits per heavy atom. The summed E-state index contributed by atoms with van der Waals surface area (Å²) in [6.07, 6.45) is 3.54. The van der Waals surface area contributed by atoms with Crippen LogP contribution in [0.5, 0.6) is 0 Å². The third-order valence-corrected chi connectivity index (χ3v) is 5.02. The van der Waals surface area contributed by atoms with Crippen molar-refractivity contribution in [2.24, 2.45) is 5.41 Å². The number of hydrogen-bond acceptors (Lipinski definition) is 4. The van der Waals surface area contributed by atoms with Crippen LogP contribution >= 0.6 is 11.3 Å². The highest BCUT2D eigenvalue weighted by Gasteiger charge is 2.54. The molecular formula is C16H21N3O2S. The standard InChI is InChI=1S/C16H21N3O2S/c1-17(2)7-3-6-14(20)18-9-16(10-18)11-19(12-16)15(21)13-5-4-8-22-13/h3-6,8H,7,9-12H2,1-2H3/b6-3+. The van der Waals surface area contributed by atoms with Gasteiger partial charge < -0.3 is 14.7 Å². The second kappa shape index (κ2) is 5.85. The second-order valence-corrected chi connectivity index (χ2v) is 7.45. The van der Waals surface area contributed by atoms with Crippen LogP contribution in [0.2, 0.25) is 0 Å². The summed E-state index contributed by atoms with van der Waals surface area (Å²) in [6.45, 7) is 3.86. The van der Waals surface area contributed by atoms with Crippen LogP contribution in [0, 0.1) is 5.41 Å². The molecular weight excluding hydrogens is 298 g/mol. The lowest BCUT2D eigenvalue weighted by Gasteiger charge is -2.59. The molecule has 0 radical (unpaired) electrons. The first kappa shape index (κ1) is 15.2. The molecule has 3 heterocycles. The molecule has 22 heavy (non-hydrogen) atoms. The predicted octanol–water partition coefficient (Wildman–Crippen LogP) is 1.15. The van der Waals surface area contributed by atoms with E-state index in [4.69, 9.17) is 0 Å². The van der Waals surface area contributed by atoms with Gasteiger partial charge in [0.1, 0.15) is 0 Å². The van der Waals surface area contributed by atoms with E-state index in [0.29, 0.717) is 0 Å². The normalized spacial score (nSPS) is 19.6. The van der Waals surface area contributed by atoms with Gasteiger partial charge in [0.05, 0.1) is 4.88 Å². The van der Waals surface area contributed by atoms with Crippen LogP contribution in [0.1, 0.15) is 9.67 Å². The Balaban J connectivity index is 1.44. The van der Waals surface area contributed by atoms with Gasteiger partial charge in [-0.1, -0.05) is 12.1 Å². The molecule has 2 fully saturated rings. The molecule has 0 bridgehead atoms.